The highest BCUT2D eigenvalue weighted by atomic mass is 16.5. The van der Waals surface area contributed by atoms with Crippen LogP contribution in [0, 0.1) is 5.92 Å². The van der Waals surface area contributed by atoms with Gasteiger partial charge in [-0.1, -0.05) is 19.9 Å². The van der Waals surface area contributed by atoms with E-state index in [1.807, 2.05) is 6.07 Å². The Balaban J connectivity index is 1.83. The molecule has 0 spiro atoms. The molecule has 1 saturated heterocycles. The summed E-state index contributed by atoms with van der Waals surface area (Å²) in [5.74, 6) is 1.38. The second-order valence-corrected chi connectivity index (χ2v) is 5.79. The lowest BCUT2D eigenvalue weighted by Crippen LogP contribution is -2.26. The fraction of sp³-hybridized carbons (Fsp3) is 0.688. The van der Waals surface area contributed by atoms with Crippen LogP contribution in [0.3, 0.4) is 0 Å². The van der Waals surface area contributed by atoms with Gasteiger partial charge in [-0.05, 0) is 37.8 Å². The monoisotopic (exact) mass is 278 g/mol. The molecule has 1 fully saturated rings. The fourth-order valence-electron chi connectivity index (χ4n) is 2.29. The molecule has 20 heavy (non-hydrogen) atoms. The number of ether oxygens (including phenoxy) is 2. The maximum absolute atomic E-state index is 5.86. The molecule has 1 aromatic heterocycles. The number of pyridine rings is 1. The second kappa shape index (κ2) is 8.22. The van der Waals surface area contributed by atoms with Gasteiger partial charge in [-0.25, -0.2) is 4.98 Å². The molecule has 112 valence electrons. The van der Waals surface area contributed by atoms with Crippen LogP contribution in [-0.4, -0.2) is 30.8 Å². The zero-order valence-corrected chi connectivity index (χ0v) is 12.6. The van der Waals surface area contributed by atoms with E-state index in [0.29, 0.717) is 12.5 Å². The largest absolute Gasteiger partial charge is 0.475 e. The fourth-order valence-corrected chi connectivity index (χ4v) is 2.29. The molecule has 1 aromatic rings. The van der Waals surface area contributed by atoms with Crippen LogP contribution in [0.2, 0.25) is 0 Å². The third kappa shape index (κ3) is 5.10. The van der Waals surface area contributed by atoms with Gasteiger partial charge in [-0.3, -0.25) is 0 Å². The van der Waals surface area contributed by atoms with Crippen molar-refractivity contribution >= 4 is 0 Å². The van der Waals surface area contributed by atoms with Crippen molar-refractivity contribution in [3.05, 3.63) is 23.9 Å². The number of rotatable bonds is 7. The Morgan fingerprint density at radius 3 is 3.10 bits per heavy atom. The summed E-state index contributed by atoms with van der Waals surface area (Å²) in [5, 5.41) is 3.43. The molecule has 0 bridgehead atoms. The van der Waals surface area contributed by atoms with E-state index in [1.54, 1.807) is 6.20 Å². The summed E-state index contributed by atoms with van der Waals surface area (Å²) < 4.78 is 11.5. The van der Waals surface area contributed by atoms with E-state index in [9.17, 15) is 0 Å². The Morgan fingerprint density at radius 2 is 2.35 bits per heavy atom. The Hall–Kier alpha value is -1.13. The number of hydrogen-bond acceptors (Lipinski definition) is 4. The molecule has 4 nitrogen and oxygen atoms in total. The Labute approximate surface area is 121 Å². The first-order valence-corrected chi connectivity index (χ1v) is 7.64. The summed E-state index contributed by atoms with van der Waals surface area (Å²) >= 11 is 0. The topological polar surface area (TPSA) is 43.4 Å². The standard InChI is InChI=1S/C16H26N2O2/c1-13(2)10-17-11-14-6-5-8-18-16(14)20-12-15-7-3-4-9-19-15/h5-6,8,13,15,17H,3-4,7,9-12H2,1-2H3. The molecule has 0 radical (unpaired) electrons. The van der Waals surface area contributed by atoms with Crippen LogP contribution in [0.1, 0.15) is 38.7 Å². The van der Waals surface area contributed by atoms with Crippen LogP contribution in [0.25, 0.3) is 0 Å². The first-order valence-electron chi connectivity index (χ1n) is 7.64. The maximum Gasteiger partial charge on any atom is 0.217 e. The summed E-state index contributed by atoms with van der Waals surface area (Å²) in [7, 11) is 0. The van der Waals surface area contributed by atoms with Crippen molar-refractivity contribution in [2.75, 3.05) is 19.8 Å². The van der Waals surface area contributed by atoms with E-state index in [1.165, 1.54) is 12.8 Å². The predicted molar refractivity (Wildman–Crippen MR) is 79.9 cm³/mol. The van der Waals surface area contributed by atoms with Crippen molar-refractivity contribution in [2.24, 2.45) is 5.92 Å². The molecule has 0 aromatic carbocycles. The van der Waals surface area contributed by atoms with Crippen molar-refractivity contribution < 1.29 is 9.47 Å². The minimum Gasteiger partial charge on any atom is -0.475 e. The summed E-state index contributed by atoms with van der Waals surface area (Å²) in [5.41, 5.74) is 1.11. The zero-order valence-electron chi connectivity index (χ0n) is 12.6. The van der Waals surface area contributed by atoms with E-state index >= 15 is 0 Å². The Bertz CT molecular complexity index is 390. The van der Waals surface area contributed by atoms with Gasteiger partial charge in [-0.15, -0.1) is 0 Å². The quantitative estimate of drug-likeness (QED) is 0.833. The van der Waals surface area contributed by atoms with Crippen LogP contribution >= 0.6 is 0 Å². The average Bonchev–Trinajstić information content (AvgIpc) is 2.47. The zero-order chi connectivity index (χ0) is 14.2. The number of hydrogen-bond donors (Lipinski definition) is 1. The van der Waals surface area contributed by atoms with E-state index in [0.717, 1.165) is 37.6 Å². The number of aromatic nitrogens is 1. The predicted octanol–water partition coefficient (Wildman–Crippen LogP) is 2.78. The van der Waals surface area contributed by atoms with Gasteiger partial charge < -0.3 is 14.8 Å². The summed E-state index contributed by atoms with van der Waals surface area (Å²) in [4.78, 5) is 4.34. The van der Waals surface area contributed by atoms with E-state index in [2.05, 4.69) is 30.2 Å². The molecule has 1 N–H and O–H groups in total. The van der Waals surface area contributed by atoms with Gasteiger partial charge in [0.1, 0.15) is 6.61 Å². The molecule has 2 rings (SSSR count). The second-order valence-electron chi connectivity index (χ2n) is 5.79. The SMILES string of the molecule is CC(C)CNCc1cccnc1OCC1CCCCO1. The number of nitrogens with zero attached hydrogens (tertiary/aromatic N) is 1. The Kier molecular flexibility index (Phi) is 6.27. The third-order valence-corrected chi connectivity index (χ3v) is 3.40. The van der Waals surface area contributed by atoms with Gasteiger partial charge in [0.05, 0.1) is 6.10 Å². The first-order chi connectivity index (χ1) is 9.75. The lowest BCUT2D eigenvalue weighted by molar-refractivity contribution is -0.0121. The van der Waals surface area contributed by atoms with Gasteiger partial charge in [0, 0.05) is 24.9 Å². The normalized spacial score (nSPS) is 19.2. The molecule has 1 unspecified atom stereocenters. The Morgan fingerprint density at radius 1 is 1.45 bits per heavy atom. The summed E-state index contributed by atoms with van der Waals surface area (Å²) in [6.45, 7) is 7.67. The van der Waals surface area contributed by atoms with Crippen molar-refractivity contribution in [1.29, 1.82) is 0 Å². The summed E-state index contributed by atoms with van der Waals surface area (Å²) in [6, 6.07) is 4.02. The van der Waals surface area contributed by atoms with Crippen molar-refractivity contribution in [3.63, 3.8) is 0 Å². The van der Waals surface area contributed by atoms with Crippen LogP contribution < -0.4 is 10.1 Å². The van der Waals surface area contributed by atoms with Crippen LogP contribution in [-0.2, 0) is 11.3 Å². The van der Waals surface area contributed by atoms with E-state index < -0.39 is 0 Å². The molecular weight excluding hydrogens is 252 g/mol. The lowest BCUT2D eigenvalue weighted by Gasteiger charge is -2.22. The van der Waals surface area contributed by atoms with Crippen LogP contribution in [0.4, 0.5) is 0 Å². The minimum absolute atomic E-state index is 0.224. The molecule has 1 aliphatic heterocycles. The molecular formula is C16H26N2O2. The maximum atomic E-state index is 5.86. The lowest BCUT2D eigenvalue weighted by atomic mass is 10.1. The molecule has 4 heteroatoms. The highest BCUT2D eigenvalue weighted by Crippen LogP contribution is 2.17. The molecule has 0 saturated carbocycles. The van der Waals surface area contributed by atoms with Gasteiger partial charge >= 0.3 is 0 Å². The third-order valence-electron chi connectivity index (χ3n) is 3.40. The summed E-state index contributed by atoms with van der Waals surface area (Å²) in [6.07, 6.45) is 5.50. The highest BCUT2D eigenvalue weighted by Gasteiger charge is 2.15. The number of nitrogens with one attached hydrogen (secondary N) is 1. The van der Waals surface area contributed by atoms with E-state index in [-0.39, 0.29) is 6.10 Å². The van der Waals surface area contributed by atoms with Crippen LogP contribution in [0.5, 0.6) is 5.88 Å². The molecule has 2 heterocycles. The molecule has 1 atom stereocenters. The smallest absolute Gasteiger partial charge is 0.217 e. The van der Waals surface area contributed by atoms with Crippen LogP contribution in [0.15, 0.2) is 18.3 Å². The van der Waals surface area contributed by atoms with Crippen molar-refractivity contribution in [3.8, 4) is 5.88 Å². The molecule has 0 amide bonds. The highest BCUT2D eigenvalue weighted by molar-refractivity contribution is 5.25. The van der Waals surface area contributed by atoms with Gasteiger partial charge in [-0.2, -0.15) is 0 Å². The minimum atomic E-state index is 0.224. The van der Waals surface area contributed by atoms with Crippen molar-refractivity contribution in [1.82, 2.24) is 10.3 Å². The average molecular weight is 278 g/mol. The van der Waals surface area contributed by atoms with Gasteiger partial charge in [0.15, 0.2) is 0 Å². The molecule has 1 aliphatic rings. The van der Waals surface area contributed by atoms with Gasteiger partial charge in [0.2, 0.25) is 5.88 Å². The molecule has 0 aliphatic carbocycles. The van der Waals surface area contributed by atoms with Crippen molar-refractivity contribution in [2.45, 2.75) is 45.8 Å². The van der Waals surface area contributed by atoms with E-state index in [4.69, 9.17) is 9.47 Å². The van der Waals surface area contributed by atoms with Gasteiger partial charge in [0.25, 0.3) is 0 Å². The first kappa shape index (κ1) is 15.3.